The molecule has 1 saturated heterocycles. The molecular weight excluding hydrogens is 616 g/mol. The Bertz CT molecular complexity index is 2000. The summed E-state index contributed by atoms with van der Waals surface area (Å²) in [6.07, 6.45) is 5.73. The number of aromatic nitrogens is 4. The van der Waals surface area contributed by atoms with Crippen molar-refractivity contribution in [3.63, 3.8) is 0 Å². The minimum atomic E-state index is -4.00. The molecule has 3 aromatic carbocycles. The van der Waals surface area contributed by atoms with Gasteiger partial charge in [0.05, 0.1) is 47.8 Å². The second-order valence-electron chi connectivity index (χ2n) is 11.2. The van der Waals surface area contributed by atoms with E-state index < -0.39 is 10.1 Å². The summed E-state index contributed by atoms with van der Waals surface area (Å²) in [5.74, 6) is 1.83. The molecule has 0 aliphatic carbocycles. The first-order valence-electron chi connectivity index (χ1n) is 15.0. The third kappa shape index (κ3) is 9.40. The van der Waals surface area contributed by atoms with Crippen LogP contribution in [0.2, 0.25) is 0 Å². The van der Waals surface area contributed by atoms with Crippen LogP contribution in [0.1, 0.15) is 24.0 Å². The molecule has 6 rings (SSSR count). The first kappa shape index (κ1) is 33.2. The summed E-state index contributed by atoms with van der Waals surface area (Å²) in [6, 6.07) is 27.7. The highest BCUT2D eigenvalue weighted by Crippen LogP contribution is 2.21. The van der Waals surface area contributed by atoms with E-state index in [1.54, 1.807) is 54.9 Å². The zero-order chi connectivity index (χ0) is 33.2. The number of hydrogen-bond donors (Lipinski definition) is 1. The highest BCUT2D eigenvalue weighted by atomic mass is 32.2. The van der Waals surface area contributed by atoms with Gasteiger partial charge in [0.15, 0.2) is 11.6 Å². The molecule has 0 saturated carbocycles. The summed E-state index contributed by atoms with van der Waals surface area (Å²) in [6.45, 7) is 3.21. The van der Waals surface area contributed by atoms with Gasteiger partial charge in [-0.25, -0.2) is 14.6 Å². The quantitative estimate of drug-likeness (QED) is 0.229. The zero-order valence-corrected chi connectivity index (χ0v) is 26.6. The average Bonchev–Trinajstić information content (AvgIpc) is 3.10. The Morgan fingerprint density at radius 1 is 0.915 bits per heavy atom. The predicted octanol–water partition coefficient (Wildman–Crippen LogP) is 4.94. The SMILES string of the molecule is CN1CCC(COc2cnc(-c3cccc(Cn4nc(-c5cccc(C#N)c5)ccc4=O)c3)nc2)CC1.O=S(=O)(O)c1ccccc1. The fraction of sp³-hybridized carbons (Fsp3) is 0.229. The Labute approximate surface area is 273 Å². The maximum absolute atomic E-state index is 12.5. The maximum Gasteiger partial charge on any atom is 0.294 e. The molecule has 240 valence electrons. The average molecular weight is 651 g/mol. The molecule has 0 atom stereocenters. The van der Waals surface area contributed by atoms with Crippen LogP contribution in [0.4, 0.5) is 0 Å². The lowest BCUT2D eigenvalue weighted by Crippen LogP contribution is -2.32. The molecule has 12 heteroatoms. The lowest BCUT2D eigenvalue weighted by molar-refractivity contribution is 0.159. The molecular formula is C35H34N6O5S. The molecule has 5 aromatic rings. The summed E-state index contributed by atoms with van der Waals surface area (Å²) in [4.78, 5) is 23.8. The van der Waals surface area contributed by atoms with Gasteiger partial charge >= 0.3 is 0 Å². The number of ether oxygens (including phenoxy) is 1. The summed E-state index contributed by atoms with van der Waals surface area (Å²) in [7, 11) is -1.85. The van der Waals surface area contributed by atoms with Crippen LogP contribution in [0.15, 0.2) is 113 Å². The van der Waals surface area contributed by atoms with Gasteiger partial charge in [0.25, 0.3) is 15.7 Å². The van der Waals surface area contributed by atoms with Crippen LogP contribution in [0.25, 0.3) is 22.6 Å². The first-order chi connectivity index (χ1) is 22.7. The fourth-order valence-corrected chi connectivity index (χ4v) is 5.52. The van der Waals surface area contributed by atoms with Crippen LogP contribution in [-0.2, 0) is 16.7 Å². The minimum Gasteiger partial charge on any atom is -0.490 e. The van der Waals surface area contributed by atoms with Gasteiger partial charge in [-0.3, -0.25) is 9.35 Å². The standard InChI is InChI=1S/C29H28N6O2.C6H6O3S/c1-34-12-10-21(11-13-34)20-37-26-17-31-29(32-18-26)25-7-3-5-23(15-25)19-35-28(36)9-8-27(33-35)24-6-2-4-22(14-24)16-30;7-10(8,9)6-4-2-1-3-5-6/h2-9,14-15,17-18,21H,10-13,19-20H2,1H3;1-5H,(H,7,8,9). The summed E-state index contributed by atoms with van der Waals surface area (Å²) in [5.41, 5.74) is 3.52. The van der Waals surface area contributed by atoms with Crippen LogP contribution in [0.5, 0.6) is 5.75 Å². The van der Waals surface area contributed by atoms with Crippen molar-refractivity contribution in [1.29, 1.82) is 5.26 Å². The number of hydrogen-bond acceptors (Lipinski definition) is 9. The van der Waals surface area contributed by atoms with Crippen molar-refractivity contribution in [3.8, 4) is 34.5 Å². The third-order valence-electron chi connectivity index (χ3n) is 7.66. The van der Waals surface area contributed by atoms with E-state index in [0.717, 1.165) is 42.6 Å². The molecule has 0 amide bonds. The molecule has 1 fully saturated rings. The Hall–Kier alpha value is -5.22. The Kier molecular flexibility index (Phi) is 10.8. The molecule has 0 unspecified atom stereocenters. The normalized spacial score (nSPS) is 13.6. The third-order valence-corrected chi connectivity index (χ3v) is 8.53. The number of nitriles is 1. The Morgan fingerprint density at radius 2 is 1.62 bits per heavy atom. The lowest BCUT2D eigenvalue weighted by atomic mass is 9.98. The van der Waals surface area contributed by atoms with E-state index >= 15 is 0 Å². The van der Waals surface area contributed by atoms with E-state index in [2.05, 4.69) is 33.1 Å². The maximum atomic E-state index is 12.5. The monoisotopic (exact) mass is 650 g/mol. The summed E-state index contributed by atoms with van der Waals surface area (Å²) >= 11 is 0. The van der Waals surface area contributed by atoms with Crippen molar-refractivity contribution < 1.29 is 17.7 Å². The smallest absolute Gasteiger partial charge is 0.294 e. The lowest BCUT2D eigenvalue weighted by Gasteiger charge is -2.28. The molecule has 0 radical (unpaired) electrons. The highest BCUT2D eigenvalue weighted by Gasteiger charge is 2.17. The largest absolute Gasteiger partial charge is 0.490 e. The van der Waals surface area contributed by atoms with Crippen LogP contribution in [0, 0.1) is 17.2 Å². The fourth-order valence-electron chi connectivity index (χ4n) is 5.02. The van der Waals surface area contributed by atoms with Crippen molar-refractivity contribution in [3.05, 3.63) is 125 Å². The van der Waals surface area contributed by atoms with Gasteiger partial charge in [-0.05, 0) is 80.9 Å². The van der Waals surface area contributed by atoms with Crippen molar-refractivity contribution in [1.82, 2.24) is 24.6 Å². The van der Waals surface area contributed by atoms with Gasteiger partial charge in [-0.2, -0.15) is 18.8 Å². The van der Waals surface area contributed by atoms with Gasteiger partial charge in [-0.1, -0.05) is 48.5 Å². The molecule has 0 spiro atoms. The molecule has 3 heterocycles. The van der Waals surface area contributed by atoms with Gasteiger partial charge in [0, 0.05) is 17.2 Å². The highest BCUT2D eigenvalue weighted by molar-refractivity contribution is 7.85. The number of likely N-dealkylation sites (tertiary alicyclic amines) is 1. The number of rotatable bonds is 8. The van der Waals surface area contributed by atoms with Gasteiger partial charge < -0.3 is 9.64 Å². The molecule has 2 aromatic heterocycles. The van der Waals surface area contributed by atoms with E-state index in [4.69, 9.17) is 9.29 Å². The molecule has 0 bridgehead atoms. The second-order valence-corrected chi connectivity index (χ2v) is 12.6. The Balaban J connectivity index is 0.000000371. The van der Waals surface area contributed by atoms with E-state index in [0.29, 0.717) is 41.9 Å². The van der Waals surface area contributed by atoms with E-state index in [9.17, 15) is 18.5 Å². The van der Waals surface area contributed by atoms with E-state index in [1.165, 1.54) is 22.9 Å². The predicted molar refractivity (Wildman–Crippen MR) is 177 cm³/mol. The van der Waals surface area contributed by atoms with Crippen molar-refractivity contribution >= 4 is 10.1 Å². The second kappa shape index (κ2) is 15.4. The number of nitrogens with zero attached hydrogens (tertiary/aromatic N) is 6. The number of benzene rings is 3. The van der Waals surface area contributed by atoms with Crippen LogP contribution in [-0.4, -0.2) is 64.4 Å². The van der Waals surface area contributed by atoms with Gasteiger partial charge in [0.1, 0.15) is 0 Å². The van der Waals surface area contributed by atoms with E-state index in [-0.39, 0.29) is 10.5 Å². The van der Waals surface area contributed by atoms with Crippen molar-refractivity contribution in [2.24, 2.45) is 5.92 Å². The Morgan fingerprint density at radius 3 is 2.30 bits per heavy atom. The zero-order valence-electron chi connectivity index (χ0n) is 25.8. The summed E-state index contributed by atoms with van der Waals surface area (Å²) in [5, 5.41) is 13.7. The molecule has 1 aliphatic heterocycles. The molecule has 1 N–H and O–H groups in total. The van der Waals surface area contributed by atoms with Crippen molar-refractivity contribution in [2.45, 2.75) is 24.3 Å². The molecule has 11 nitrogen and oxygen atoms in total. The van der Waals surface area contributed by atoms with Gasteiger partial charge in [0.2, 0.25) is 0 Å². The van der Waals surface area contributed by atoms with Crippen LogP contribution < -0.4 is 10.3 Å². The minimum absolute atomic E-state index is 0.0741. The van der Waals surface area contributed by atoms with Crippen molar-refractivity contribution in [2.75, 3.05) is 26.7 Å². The van der Waals surface area contributed by atoms with Gasteiger partial charge in [-0.15, -0.1) is 0 Å². The van der Waals surface area contributed by atoms with Crippen LogP contribution in [0.3, 0.4) is 0 Å². The topological polar surface area (TPSA) is 151 Å². The van der Waals surface area contributed by atoms with E-state index in [1.807, 2.05) is 30.3 Å². The molecule has 1 aliphatic rings. The van der Waals surface area contributed by atoms with Crippen LogP contribution >= 0.6 is 0 Å². The number of piperidine rings is 1. The first-order valence-corrected chi connectivity index (χ1v) is 16.5. The summed E-state index contributed by atoms with van der Waals surface area (Å²) < 4.78 is 36.6. The molecule has 47 heavy (non-hydrogen) atoms.